The summed E-state index contributed by atoms with van der Waals surface area (Å²) < 4.78 is 0. The molecule has 0 aromatic heterocycles. The molecule has 1 fully saturated rings. The Morgan fingerprint density at radius 3 is 2.12 bits per heavy atom. The molecule has 0 saturated carbocycles. The standard InChI is InChI=1S/C29H29NO2/c1-21(2)28(31)27-20-26(30(29(27)32)18-17-22-9-5-3-6-10-22)19-23-13-15-25(16-14-23)24-11-7-4-8-12-24/h3-18,21,26-27H,19-20H2,1-2H3/t26?,27-/m0/s1. The van der Waals surface area contributed by atoms with Gasteiger partial charge in [0.1, 0.15) is 5.78 Å². The second-order valence-corrected chi connectivity index (χ2v) is 8.74. The molecule has 1 heterocycles. The Hall–Kier alpha value is -3.46. The number of nitrogens with zero attached hydrogens (tertiary/aromatic N) is 1. The number of hydrogen-bond acceptors (Lipinski definition) is 2. The molecule has 0 bridgehead atoms. The van der Waals surface area contributed by atoms with Gasteiger partial charge < -0.3 is 4.90 Å². The van der Waals surface area contributed by atoms with E-state index in [9.17, 15) is 9.59 Å². The summed E-state index contributed by atoms with van der Waals surface area (Å²) in [5, 5.41) is 0. The van der Waals surface area contributed by atoms with Crippen LogP contribution in [0.3, 0.4) is 0 Å². The van der Waals surface area contributed by atoms with Crippen LogP contribution in [0.1, 0.15) is 31.4 Å². The van der Waals surface area contributed by atoms with Crippen molar-refractivity contribution in [3.8, 4) is 11.1 Å². The molecule has 3 aromatic rings. The Labute approximate surface area is 190 Å². The summed E-state index contributed by atoms with van der Waals surface area (Å²) in [6.07, 6.45) is 5.09. The molecule has 1 amide bonds. The number of likely N-dealkylation sites (tertiary alicyclic amines) is 1. The fourth-order valence-corrected chi connectivity index (χ4v) is 4.33. The minimum absolute atomic E-state index is 0.0299. The van der Waals surface area contributed by atoms with Crippen molar-refractivity contribution >= 4 is 17.8 Å². The van der Waals surface area contributed by atoms with Gasteiger partial charge in [-0.2, -0.15) is 0 Å². The number of rotatable bonds is 7. The number of carbonyl (C=O) groups excluding carboxylic acids is 2. The highest BCUT2D eigenvalue weighted by Crippen LogP contribution is 2.31. The highest BCUT2D eigenvalue weighted by Gasteiger charge is 2.42. The Balaban J connectivity index is 1.55. The summed E-state index contributed by atoms with van der Waals surface area (Å²) in [6, 6.07) is 28.7. The molecule has 3 aromatic carbocycles. The molecule has 1 aliphatic rings. The van der Waals surface area contributed by atoms with Gasteiger partial charge in [-0.3, -0.25) is 9.59 Å². The summed E-state index contributed by atoms with van der Waals surface area (Å²) >= 11 is 0. The summed E-state index contributed by atoms with van der Waals surface area (Å²) in [5.41, 5.74) is 4.55. The normalized spacial score (nSPS) is 18.6. The summed E-state index contributed by atoms with van der Waals surface area (Å²) in [4.78, 5) is 27.7. The van der Waals surface area contributed by atoms with Gasteiger partial charge in [-0.1, -0.05) is 98.8 Å². The number of ketones is 1. The predicted octanol–water partition coefficient (Wildman–Crippen LogP) is 6.01. The zero-order valence-corrected chi connectivity index (χ0v) is 18.6. The van der Waals surface area contributed by atoms with Crippen molar-refractivity contribution in [1.82, 2.24) is 4.90 Å². The Bertz CT molecular complexity index is 1090. The van der Waals surface area contributed by atoms with Crippen LogP contribution in [-0.2, 0) is 16.0 Å². The lowest BCUT2D eigenvalue weighted by Gasteiger charge is -2.21. The van der Waals surface area contributed by atoms with E-state index in [1.54, 1.807) is 4.90 Å². The first-order valence-electron chi connectivity index (χ1n) is 11.3. The number of carbonyl (C=O) groups is 2. The van der Waals surface area contributed by atoms with E-state index in [1.165, 1.54) is 16.7 Å². The van der Waals surface area contributed by atoms with Crippen molar-refractivity contribution in [2.24, 2.45) is 11.8 Å². The summed E-state index contributed by atoms with van der Waals surface area (Å²) in [6.45, 7) is 3.74. The quantitative estimate of drug-likeness (QED) is 0.437. The minimum atomic E-state index is -0.552. The molecule has 0 N–H and O–H groups in total. The van der Waals surface area contributed by atoms with Crippen molar-refractivity contribution < 1.29 is 9.59 Å². The van der Waals surface area contributed by atoms with Crippen molar-refractivity contribution in [2.75, 3.05) is 0 Å². The third kappa shape index (κ3) is 4.88. The molecular formula is C29H29NO2. The van der Waals surface area contributed by atoms with Gasteiger partial charge >= 0.3 is 0 Å². The van der Waals surface area contributed by atoms with Gasteiger partial charge in [-0.15, -0.1) is 0 Å². The molecule has 2 atom stereocenters. The number of Topliss-reactive ketones (excluding diaryl/α,β-unsaturated/α-hetero) is 1. The molecule has 0 spiro atoms. The van der Waals surface area contributed by atoms with Gasteiger partial charge in [0.15, 0.2) is 0 Å². The van der Waals surface area contributed by atoms with Gasteiger partial charge in [-0.25, -0.2) is 0 Å². The van der Waals surface area contributed by atoms with E-state index in [2.05, 4.69) is 36.4 Å². The predicted molar refractivity (Wildman–Crippen MR) is 130 cm³/mol. The zero-order valence-electron chi connectivity index (χ0n) is 18.6. The lowest BCUT2D eigenvalue weighted by Crippen LogP contribution is -2.32. The van der Waals surface area contributed by atoms with Gasteiger partial charge in [0, 0.05) is 18.2 Å². The lowest BCUT2D eigenvalue weighted by molar-refractivity contribution is -0.137. The maximum atomic E-state index is 13.2. The zero-order chi connectivity index (χ0) is 22.5. The summed E-state index contributed by atoms with van der Waals surface area (Å²) in [5.74, 6) is -0.742. The SMILES string of the molecule is CC(C)C(=O)[C@@H]1CC(Cc2ccc(-c3ccccc3)cc2)N(C=Cc2ccccc2)C1=O. The van der Waals surface area contributed by atoms with Gasteiger partial charge in [0.25, 0.3) is 0 Å². The smallest absolute Gasteiger partial charge is 0.237 e. The van der Waals surface area contributed by atoms with Crippen LogP contribution in [0.4, 0.5) is 0 Å². The monoisotopic (exact) mass is 423 g/mol. The van der Waals surface area contributed by atoms with Crippen LogP contribution >= 0.6 is 0 Å². The van der Waals surface area contributed by atoms with Crippen molar-refractivity contribution in [2.45, 2.75) is 32.7 Å². The second kappa shape index (κ2) is 9.78. The Morgan fingerprint density at radius 1 is 0.906 bits per heavy atom. The molecule has 3 nitrogen and oxygen atoms in total. The third-order valence-electron chi connectivity index (χ3n) is 6.13. The molecule has 0 aliphatic carbocycles. The molecular weight excluding hydrogens is 394 g/mol. The number of benzene rings is 3. The molecule has 1 saturated heterocycles. The third-order valence-corrected chi connectivity index (χ3v) is 6.13. The fraction of sp³-hybridized carbons (Fsp3) is 0.241. The highest BCUT2D eigenvalue weighted by atomic mass is 16.2. The second-order valence-electron chi connectivity index (χ2n) is 8.74. The minimum Gasteiger partial charge on any atom is -0.315 e. The topological polar surface area (TPSA) is 37.4 Å². The first-order chi connectivity index (χ1) is 15.5. The maximum absolute atomic E-state index is 13.2. The number of hydrogen-bond donors (Lipinski definition) is 0. The van der Waals surface area contributed by atoms with Gasteiger partial charge in [0.05, 0.1) is 5.92 Å². The van der Waals surface area contributed by atoms with Crippen LogP contribution < -0.4 is 0 Å². The molecule has 32 heavy (non-hydrogen) atoms. The molecule has 162 valence electrons. The van der Waals surface area contributed by atoms with E-state index in [1.807, 2.05) is 74.7 Å². The highest BCUT2D eigenvalue weighted by molar-refractivity contribution is 6.04. The van der Waals surface area contributed by atoms with Crippen LogP contribution in [0, 0.1) is 11.8 Å². The molecule has 3 heteroatoms. The number of amides is 1. The molecule has 1 unspecified atom stereocenters. The first-order valence-corrected chi connectivity index (χ1v) is 11.3. The van der Waals surface area contributed by atoms with Crippen LogP contribution in [0.5, 0.6) is 0 Å². The van der Waals surface area contributed by atoms with Crippen LogP contribution in [-0.4, -0.2) is 22.6 Å². The average molecular weight is 424 g/mol. The van der Waals surface area contributed by atoms with Crippen LogP contribution in [0.2, 0.25) is 0 Å². The van der Waals surface area contributed by atoms with Crippen molar-refractivity contribution in [1.29, 1.82) is 0 Å². The van der Waals surface area contributed by atoms with E-state index in [0.717, 1.165) is 12.0 Å². The Morgan fingerprint density at radius 2 is 1.50 bits per heavy atom. The van der Waals surface area contributed by atoms with E-state index < -0.39 is 5.92 Å². The van der Waals surface area contributed by atoms with Gasteiger partial charge in [-0.05, 0) is 41.2 Å². The lowest BCUT2D eigenvalue weighted by atomic mass is 9.91. The Kier molecular flexibility index (Phi) is 6.65. The van der Waals surface area contributed by atoms with E-state index in [-0.39, 0.29) is 23.7 Å². The van der Waals surface area contributed by atoms with E-state index >= 15 is 0 Å². The van der Waals surface area contributed by atoms with Crippen LogP contribution in [0.15, 0.2) is 91.1 Å². The van der Waals surface area contributed by atoms with Crippen molar-refractivity contribution in [3.05, 3.63) is 102 Å². The van der Waals surface area contributed by atoms with Crippen LogP contribution in [0.25, 0.3) is 17.2 Å². The molecule has 1 aliphatic heterocycles. The molecule has 4 rings (SSSR count). The maximum Gasteiger partial charge on any atom is 0.237 e. The fourth-order valence-electron chi connectivity index (χ4n) is 4.33. The van der Waals surface area contributed by atoms with E-state index in [4.69, 9.17) is 0 Å². The first kappa shape index (κ1) is 21.8. The average Bonchev–Trinajstić information content (AvgIpc) is 3.13. The van der Waals surface area contributed by atoms with Gasteiger partial charge in [0.2, 0.25) is 5.91 Å². The molecule has 0 radical (unpaired) electrons. The largest absolute Gasteiger partial charge is 0.315 e. The van der Waals surface area contributed by atoms with E-state index in [0.29, 0.717) is 6.42 Å². The van der Waals surface area contributed by atoms with Crippen molar-refractivity contribution in [3.63, 3.8) is 0 Å². The summed E-state index contributed by atoms with van der Waals surface area (Å²) in [7, 11) is 0.